The molecule has 0 atom stereocenters. The summed E-state index contributed by atoms with van der Waals surface area (Å²) in [5.41, 5.74) is 2.24. The van der Waals surface area contributed by atoms with E-state index in [0.29, 0.717) is 22.1 Å². The largest absolute Gasteiger partial charge is 0.320 e. The van der Waals surface area contributed by atoms with Crippen LogP contribution in [0.25, 0.3) is 33.3 Å². The molecule has 4 aromatic rings. The van der Waals surface area contributed by atoms with Gasteiger partial charge < -0.3 is 0 Å². The second-order valence-electron chi connectivity index (χ2n) is 4.95. The maximum absolute atomic E-state index is 13.6. The SMILES string of the molecule is FC(F)n1c(-c2cccc3cccnc23)nc2ccccc21. The van der Waals surface area contributed by atoms with E-state index in [1.54, 1.807) is 36.5 Å². The lowest BCUT2D eigenvalue weighted by Crippen LogP contribution is -2.01. The van der Waals surface area contributed by atoms with Gasteiger partial charge in [-0.05, 0) is 24.3 Å². The molecule has 0 spiro atoms. The molecule has 0 radical (unpaired) electrons. The van der Waals surface area contributed by atoms with Crippen LogP contribution in [0.5, 0.6) is 0 Å². The Morgan fingerprint density at radius 1 is 0.909 bits per heavy atom. The summed E-state index contributed by atoms with van der Waals surface area (Å²) in [7, 11) is 0. The zero-order valence-electron chi connectivity index (χ0n) is 11.4. The molecule has 0 aliphatic rings. The van der Waals surface area contributed by atoms with Gasteiger partial charge in [0.05, 0.1) is 16.6 Å². The quantitative estimate of drug-likeness (QED) is 0.539. The van der Waals surface area contributed by atoms with Crippen molar-refractivity contribution in [1.82, 2.24) is 14.5 Å². The van der Waals surface area contributed by atoms with Crippen LogP contribution in [0.15, 0.2) is 60.8 Å². The Hall–Kier alpha value is -2.82. The lowest BCUT2D eigenvalue weighted by Gasteiger charge is -2.09. The van der Waals surface area contributed by atoms with Gasteiger partial charge in [-0.2, -0.15) is 8.78 Å². The number of alkyl halides is 2. The maximum atomic E-state index is 13.6. The molecule has 0 saturated carbocycles. The van der Waals surface area contributed by atoms with Crippen LogP contribution >= 0.6 is 0 Å². The van der Waals surface area contributed by atoms with Gasteiger partial charge >= 0.3 is 6.55 Å². The highest BCUT2D eigenvalue weighted by molar-refractivity contribution is 5.94. The van der Waals surface area contributed by atoms with Gasteiger partial charge in [-0.3, -0.25) is 9.55 Å². The van der Waals surface area contributed by atoms with Gasteiger partial charge in [0.15, 0.2) is 0 Å². The van der Waals surface area contributed by atoms with E-state index >= 15 is 0 Å². The molecule has 0 N–H and O–H groups in total. The third-order valence-electron chi connectivity index (χ3n) is 3.66. The number of pyridine rings is 1. The van der Waals surface area contributed by atoms with Crippen molar-refractivity contribution in [2.75, 3.05) is 0 Å². The van der Waals surface area contributed by atoms with E-state index < -0.39 is 6.55 Å². The third kappa shape index (κ3) is 1.86. The number of hydrogen-bond donors (Lipinski definition) is 0. The number of hydrogen-bond acceptors (Lipinski definition) is 2. The smallest absolute Gasteiger partial charge is 0.266 e. The van der Waals surface area contributed by atoms with Crippen molar-refractivity contribution < 1.29 is 8.78 Å². The number of fused-ring (bicyclic) bond motifs is 2. The molecule has 0 unspecified atom stereocenters. The summed E-state index contributed by atoms with van der Waals surface area (Å²) in [5, 5.41) is 0.896. The fraction of sp³-hybridized carbons (Fsp3) is 0.0588. The first-order valence-corrected chi connectivity index (χ1v) is 6.85. The summed E-state index contributed by atoms with van der Waals surface area (Å²) in [6.45, 7) is -2.67. The second-order valence-corrected chi connectivity index (χ2v) is 4.95. The normalized spacial score (nSPS) is 11.6. The lowest BCUT2D eigenvalue weighted by atomic mass is 10.1. The first-order valence-electron chi connectivity index (χ1n) is 6.85. The van der Waals surface area contributed by atoms with Crippen molar-refractivity contribution in [2.24, 2.45) is 0 Å². The Kier molecular flexibility index (Phi) is 2.85. The van der Waals surface area contributed by atoms with Crippen LogP contribution in [0.4, 0.5) is 8.78 Å². The van der Waals surface area contributed by atoms with E-state index in [-0.39, 0.29) is 5.82 Å². The summed E-state index contributed by atoms with van der Waals surface area (Å²) < 4.78 is 28.1. The van der Waals surface area contributed by atoms with E-state index in [2.05, 4.69) is 9.97 Å². The summed E-state index contributed by atoms with van der Waals surface area (Å²) >= 11 is 0. The number of benzene rings is 2. The van der Waals surface area contributed by atoms with E-state index in [9.17, 15) is 8.78 Å². The van der Waals surface area contributed by atoms with Gasteiger partial charge in [0.1, 0.15) is 5.82 Å². The Bertz CT molecular complexity index is 971. The first-order chi connectivity index (χ1) is 10.8. The summed E-state index contributed by atoms with van der Waals surface area (Å²) in [6, 6.07) is 16.1. The maximum Gasteiger partial charge on any atom is 0.320 e. The summed E-state index contributed by atoms with van der Waals surface area (Å²) in [6.07, 6.45) is 1.65. The predicted molar refractivity (Wildman–Crippen MR) is 81.7 cm³/mol. The van der Waals surface area contributed by atoms with Crippen LogP contribution in [0, 0.1) is 0 Å². The number of imidazole rings is 1. The molecule has 0 aliphatic carbocycles. The molecule has 0 aliphatic heterocycles. The highest BCUT2D eigenvalue weighted by atomic mass is 19.3. The Labute approximate surface area is 124 Å². The Morgan fingerprint density at radius 2 is 1.73 bits per heavy atom. The van der Waals surface area contributed by atoms with E-state index in [1.807, 2.05) is 24.3 Å². The predicted octanol–water partition coefficient (Wildman–Crippen LogP) is 4.65. The molecule has 0 saturated heterocycles. The summed E-state index contributed by atoms with van der Waals surface area (Å²) in [4.78, 5) is 8.73. The third-order valence-corrected chi connectivity index (χ3v) is 3.66. The van der Waals surface area contributed by atoms with E-state index in [0.717, 1.165) is 9.95 Å². The minimum atomic E-state index is -2.67. The second kappa shape index (κ2) is 4.87. The van der Waals surface area contributed by atoms with Gasteiger partial charge in [0.2, 0.25) is 0 Å². The number of nitrogens with zero attached hydrogens (tertiary/aromatic N) is 3. The highest BCUT2D eigenvalue weighted by Crippen LogP contribution is 2.32. The minimum absolute atomic E-state index is 0.237. The summed E-state index contributed by atoms with van der Waals surface area (Å²) in [5.74, 6) is 0.237. The Balaban J connectivity index is 2.10. The molecule has 5 heteroatoms. The van der Waals surface area contributed by atoms with Crippen molar-refractivity contribution >= 4 is 21.9 Å². The minimum Gasteiger partial charge on any atom is -0.266 e. The lowest BCUT2D eigenvalue weighted by molar-refractivity contribution is 0.0764. The van der Waals surface area contributed by atoms with Crippen LogP contribution in [0.1, 0.15) is 6.55 Å². The van der Waals surface area contributed by atoms with Crippen molar-refractivity contribution in [1.29, 1.82) is 0 Å². The molecular formula is C17H11F2N3. The molecule has 2 heterocycles. The molecule has 0 bridgehead atoms. The molecule has 22 heavy (non-hydrogen) atoms. The number of para-hydroxylation sites is 3. The fourth-order valence-corrected chi connectivity index (χ4v) is 2.72. The monoisotopic (exact) mass is 295 g/mol. The van der Waals surface area contributed by atoms with Crippen LogP contribution < -0.4 is 0 Å². The van der Waals surface area contributed by atoms with Crippen molar-refractivity contribution in [3.8, 4) is 11.4 Å². The standard InChI is InChI=1S/C17H11F2N3/c18-17(19)22-14-9-2-1-8-13(14)21-16(22)12-7-3-5-11-6-4-10-20-15(11)12/h1-10,17H. The Morgan fingerprint density at radius 3 is 2.59 bits per heavy atom. The molecule has 2 aromatic heterocycles. The molecule has 3 nitrogen and oxygen atoms in total. The van der Waals surface area contributed by atoms with E-state index in [1.165, 1.54) is 0 Å². The number of rotatable bonds is 2. The average molecular weight is 295 g/mol. The van der Waals surface area contributed by atoms with Gasteiger partial charge in [-0.1, -0.05) is 30.3 Å². The highest BCUT2D eigenvalue weighted by Gasteiger charge is 2.20. The van der Waals surface area contributed by atoms with Gasteiger partial charge in [-0.25, -0.2) is 4.98 Å². The van der Waals surface area contributed by atoms with Crippen molar-refractivity contribution in [3.05, 3.63) is 60.8 Å². The molecule has 2 aromatic carbocycles. The zero-order valence-corrected chi connectivity index (χ0v) is 11.4. The fourth-order valence-electron chi connectivity index (χ4n) is 2.72. The van der Waals surface area contributed by atoms with Crippen LogP contribution in [-0.4, -0.2) is 14.5 Å². The molecular weight excluding hydrogens is 284 g/mol. The average Bonchev–Trinajstić information content (AvgIpc) is 2.93. The number of aromatic nitrogens is 3. The topological polar surface area (TPSA) is 30.7 Å². The molecule has 0 amide bonds. The molecule has 108 valence electrons. The van der Waals surface area contributed by atoms with Crippen LogP contribution in [-0.2, 0) is 0 Å². The van der Waals surface area contributed by atoms with Gasteiger partial charge in [0.25, 0.3) is 0 Å². The van der Waals surface area contributed by atoms with Crippen molar-refractivity contribution in [3.63, 3.8) is 0 Å². The number of halogens is 2. The van der Waals surface area contributed by atoms with Crippen LogP contribution in [0.2, 0.25) is 0 Å². The molecule has 0 fully saturated rings. The van der Waals surface area contributed by atoms with E-state index in [4.69, 9.17) is 0 Å². The molecule has 4 rings (SSSR count). The van der Waals surface area contributed by atoms with Gasteiger partial charge in [-0.15, -0.1) is 0 Å². The first kappa shape index (κ1) is 12.9. The zero-order chi connectivity index (χ0) is 15.1. The van der Waals surface area contributed by atoms with Crippen molar-refractivity contribution in [2.45, 2.75) is 6.55 Å². The van der Waals surface area contributed by atoms with Gasteiger partial charge in [0, 0.05) is 17.1 Å². The van der Waals surface area contributed by atoms with Crippen LogP contribution in [0.3, 0.4) is 0 Å².